The third kappa shape index (κ3) is 4.45. The van der Waals surface area contributed by atoms with Crippen LogP contribution >= 0.6 is 11.6 Å². The van der Waals surface area contributed by atoms with E-state index in [0.29, 0.717) is 36.0 Å². The summed E-state index contributed by atoms with van der Waals surface area (Å²) in [6, 6.07) is 18.0. The van der Waals surface area contributed by atoms with E-state index in [4.69, 9.17) is 11.6 Å². The van der Waals surface area contributed by atoms with Crippen molar-refractivity contribution >= 4 is 28.7 Å². The van der Waals surface area contributed by atoms with Crippen molar-refractivity contribution in [2.24, 2.45) is 0 Å². The maximum Gasteiger partial charge on any atom is 0.253 e. The van der Waals surface area contributed by atoms with Crippen molar-refractivity contribution in [2.75, 3.05) is 61.9 Å². The highest BCUT2D eigenvalue weighted by molar-refractivity contribution is 6.30. The van der Waals surface area contributed by atoms with E-state index in [0.717, 1.165) is 24.3 Å². The molecule has 1 atom stereocenters. The molecule has 0 saturated carbocycles. The summed E-state index contributed by atoms with van der Waals surface area (Å²) in [7, 11) is 4.02. The second-order valence-corrected chi connectivity index (χ2v) is 8.54. The molecule has 0 radical (unpaired) electrons. The van der Waals surface area contributed by atoms with Crippen LogP contribution in [0.5, 0.6) is 0 Å². The Kier molecular flexibility index (Phi) is 6.30. The van der Waals surface area contributed by atoms with Crippen LogP contribution < -0.4 is 26.0 Å². The van der Waals surface area contributed by atoms with Crippen LogP contribution in [-0.2, 0) is 0 Å². The van der Waals surface area contributed by atoms with Gasteiger partial charge in [-0.1, -0.05) is 48.0 Å². The Morgan fingerprint density at radius 3 is 2.26 bits per heavy atom. The van der Waals surface area contributed by atoms with Crippen LogP contribution in [0, 0.1) is 0 Å². The van der Waals surface area contributed by atoms with E-state index < -0.39 is 5.43 Å². The summed E-state index contributed by atoms with van der Waals surface area (Å²) in [6.07, 6.45) is 0. The average Bonchev–Trinajstić information content (AvgIpc) is 2.79. The topological polar surface area (TPSA) is 55.9 Å². The molecule has 162 valence electrons. The number of rotatable bonds is 7. The first-order valence-electron chi connectivity index (χ1n) is 10.5. The lowest BCUT2D eigenvalue weighted by molar-refractivity contribution is 0.312. The average molecular weight is 439 g/mol. The van der Waals surface area contributed by atoms with E-state index in [1.807, 2.05) is 61.5 Å². The monoisotopic (exact) mass is 438 g/mol. The summed E-state index contributed by atoms with van der Waals surface area (Å²) in [5, 5.41) is 3.98. The van der Waals surface area contributed by atoms with Crippen molar-refractivity contribution in [3.8, 4) is 0 Å². The lowest BCUT2D eigenvalue weighted by Crippen LogP contribution is -2.51. The molecular formula is C24H27ClN4O2. The molecule has 1 aliphatic rings. The third-order valence-electron chi connectivity index (χ3n) is 5.93. The second-order valence-electron chi connectivity index (χ2n) is 8.11. The van der Waals surface area contributed by atoms with Gasteiger partial charge in [-0.05, 0) is 37.9 Å². The molecule has 6 nitrogen and oxygen atoms in total. The number of nitrogens with one attached hydrogen (secondary N) is 1. The van der Waals surface area contributed by atoms with Gasteiger partial charge in [-0.15, -0.1) is 0 Å². The second kappa shape index (κ2) is 9.12. The number of hydrogen-bond donors (Lipinski definition) is 1. The minimum absolute atomic E-state index is 0.0955. The summed E-state index contributed by atoms with van der Waals surface area (Å²) in [6.45, 7) is 3.45. The molecule has 4 rings (SSSR count). The van der Waals surface area contributed by atoms with Crippen molar-refractivity contribution in [2.45, 2.75) is 6.04 Å². The normalized spacial score (nSPS) is 15.5. The van der Waals surface area contributed by atoms with E-state index in [-0.39, 0.29) is 11.5 Å². The number of piperazine rings is 1. The third-order valence-corrected chi connectivity index (χ3v) is 6.17. The van der Waals surface area contributed by atoms with Crippen LogP contribution in [0.1, 0.15) is 11.6 Å². The molecule has 1 saturated heterocycles. The number of likely N-dealkylation sites (N-methyl/N-ethyl adjacent to an activating group) is 1. The van der Waals surface area contributed by atoms with Gasteiger partial charge in [0.2, 0.25) is 0 Å². The molecule has 3 aromatic rings. The number of nitrogens with zero attached hydrogens (tertiary/aromatic N) is 3. The van der Waals surface area contributed by atoms with Gasteiger partial charge >= 0.3 is 0 Å². The maximum atomic E-state index is 12.4. The minimum Gasteiger partial charge on any atom is -0.378 e. The van der Waals surface area contributed by atoms with Gasteiger partial charge < -0.3 is 20.0 Å². The highest BCUT2D eigenvalue weighted by atomic mass is 35.5. The summed E-state index contributed by atoms with van der Waals surface area (Å²) < 4.78 is 0. The summed E-state index contributed by atoms with van der Waals surface area (Å²) >= 11 is 6.12. The van der Waals surface area contributed by atoms with Crippen LogP contribution in [-0.4, -0.2) is 51.7 Å². The number of anilines is 3. The van der Waals surface area contributed by atoms with Gasteiger partial charge in [0.25, 0.3) is 10.9 Å². The first-order chi connectivity index (χ1) is 15.0. The molecule has 1 N–H and O–H groups in total. The molecule has 0 aromatic heterocycles. The smallest absolute Gasteiger partial charge is 0.253 e. The van der Waals surface area contributed by atoms with Crippen molar-refractivity contribution in [1.29, 1.82) is 0 Å². The Hall–Kier alpha value is -2.83. The van der Waals surface area contributed by atoms with Crippen molar-refractivity contribution in [1.82, 2.24) is 4.90 Å². The zero-order chi connectivity index (χ0) is 22.0. The van der Waals surface area contributed by atoms with Crippen LogP contribution in [0.4, 0.5) is 17.1 Å². The lowest BCUT2D eigenvalue weighted by atomic mass is 10.1. The van der Waals surface area contributed by atoms with E-state index in [9.17, 15) is 9.59 Å². The number of hydrogen-bond acceptors (Lipinski definition) is 6. The van der Waals surface area contributed by atoms with Gasteiger partial charge in [0.1, 0.15) is 11.4 Å². The first-order valence-corrected chi connectivity index (χ1v) is 10.9. The number of halogens is 1. The van der Waals surface area contributed by atoms with Crippen molar-refractivity contribution < 1.29 is 0 Å². The molecule has 7 heteroatoms. The Bertz CT molecular complexity index is 1100. The molecule has 0 spiro atoms. The standard InChI is InChI=1S/C24H27ClN4O2/c1-27(2)20(17-7-4-3-5-8-17)16-26-21-22(24(31)23(21)30)29-13-11-28(12-14-29)19-10-6-9-18(25)15-19/h3-10,15,20,26H,11-14,16H2,1-2H3. The van der Waals surface area contributed by atoms with Gasteiger partial charge in [-0.25, -0.2) is 0 Å². The fraction of sp³-hybridized carbons (Fsp3) is 0.333. The van der Waals surface area contributed by atoms with Crippen molar-refractivity contribution in [3.63, 3.8) is 0 Å². The molecule has 0 aliphatic carbocycles. The van der Waals surface area contributed by atoms with Gasteiger partial charge in [0, 0.05) is 43.4 Å². The van der Waals surface area contributed by atoms with Gasteiger partial charge in [0.15, 0.2) is 0 Å². The zero-order valence-corrected chi connectivity index (χ0v) is 18.6. The Labute approximate surface area is 187 Å². The highest BCUT2D eigenvalue weighted by Crippen LogP contribution is 2.26. The Morgan fingerprint density at radius 1 is 0.935 bits per heavy atom. The minimum atomic E-state index is -0.419. The van der Waals surface area contributed by atoms with E-state index in [1.54, 1.807) is 0 Å². The molecule has 1 unspecified atom stereocenters. The molecule has 1 heterocycles. The van der Waals surface area contributed by atoms with E-state index in [2.05, 4.69) is 27.2 Å². The molecule has 0 bridgehead atoms. The lowest BCUT2D eigenvalue weighted by Gasteiger charge is -2.38. The number of benzene rings is 2. The predicted molar refractivity (Wildman–Crippen MR) is 129 cm³/mol. The highest BCUT2D eigenvalue weighted by Gasteiger charge is 2.29. The van der Waals surface area contributed by atoms with Gasteiger partial charge in [-0.2, -0.15) is 0 Å². The van der Waals surface area contributed by atoms with Gasteiger partial charge in [0.05, 0.1) is 6.04 Å². The molecule has 1 aliphatic heterocycles. The van der Waals surface area contributed by atoms with E-state index >= 15 is 0 Å². The molecule has 31 heavy (non-hydrogen) atoms. The summed E-state index contributed by atoms with van der Waals surface area (Å²) in [4.78, 5) is 31.1. The van der Waals surface area contributed by atoms with Crippen LogP contribution in [0.2, 0.25) is 5.02 Å². The van der Waals surface area contributed by atoms with Crippen LogP contribution in [0.25, 0.3) is 0 Å². The SMILES string of the molecule is CN(C)C(CNc1c(N2CCN(c3cccc(Cl)c3)CC2)c(=O)c1=O)c1ccccc1. The molecule has 1 fully saturated rings. The quantitative estimate of drug-likeness (QED) is 0.572. The molecular weight excluding hydrogens is 412 g/mol. The molecule has 0 amide bonds. The van der Waals surface area contributed by atoms with Gasteiger partial charge in [-0.3, -0.25) is 9.59 Å². The summed E-state index contributed by atoms with van der Waals surface area (Å²) in [5.41, 5.74) is 2.41. The fourth-order valence-electron chi connectivity index (χ4n) is 4.18. The summed E-state index contributed by atoms with van der Waals surface area (Å²) in [5.74, 6) is 0. The fourth-order valence-corrected chi connectivity index (χ4v) is 4.36. The largest absolute Gasteiger partial charge is 0.378 e. The molecule has 3 aromatic carbocycles. The van der Waals surface area contributed by atoms with Crippen LogP contribution in [0.15, 0.2) is 64.2 Å². The Balaban J connectivity index is 1.44. The van der Waals surface area contributed by atoms with Crippen molar-refractivity contribution in [3.05, 3.63) is 85.6 Å². The predicted octanol–water partition coefficient (Wildman–Crippen LogP) is 2.98. The maximum absolute atomic E-state index is 12.4. The van der Waals surface area contributed by atoms with E-state index in [1.165, 1.54) is 0 Å². The first kappa shape index (κ1) is 21.4. The zero-order valence-electron chi connectivity index (χ0n) is 17.8. The Morgan fingerprint density at radius 2 is 1.61 bits per heavy atom. The van der Waals surface area contributed by atoms with Crippen LogP contribution in [0.3, 0.4) is 0 Å².